The van der Waals surface area contributed by atoms with Crippen LogP contribution in [0.25, 0.3) is 0 Å². The Morgan fingerprint density at radius 1 is 1.42 bits per heavy atom. The molecule has 132 valence electrons. The molecule has 2 N–H and O–H groups in total. The first-order valence-electron chi connectivity index (χ1n) is 8.36. The van der Waals surface area contributed by atoms with Gasteiger partial charge in [-0.25, -0.2) is 8.42 Å². The molecule has 1 aromatic rings. The minimum absolute atomic E-state index is 0.0376. The molecule has 1 aromatic carbocycles. The van der Waals surface area contributed by atoms with Crippen molar-refractivity contribution in [2.45, 2.75) is 37.1 Å². The van der Waals surface area contributed by atoms with E-state index in [2.05, 4.69) is 49.8 Å². The summed E-state index contributed by atoms with van der Waals surface area (Å²) in [5.74, 6) is 1.16. The molecule has 2 fully saturated rings. The van der Waals surface area contributed by atoms with Gasteiger partial charge in [0.2, 0.25) is 0 Å². The minimum atomic E-state index is -2.88. The number of nitrogens with one attached hydrogen (secondary N) is 2. The van der Waals surface area contributed by atoms with Crippen molar-refractivity contribution in [1.29, 1.82) is 0 Å². The third kappa shape index (κ3) is 3.94. The Morgan fingerprint density at radius 3 is 2.75 bits per heavy atom. The molecule has 1 atom stereocenters. The lowest BCUT2D eigenvalue weighted by molar-refractivity contribution is 0.243. The standard InChI is InChI=1S/C17H24BrN3O2S/c1-19-16(21-15-6-9-24(22,23)11-15)20-12-17(7-3-8-17)13-4-2-5-14(18)10-13/h2,4-5,10,15H,3,6-9,11-12H2,1H3,(H2,19,20,21). The van der Waals surface area contributed by atoms with Gasteiger partial charge >= 0.3 is 0 Å². The number of rotatable bonds is 4. The van der Waals surface area contributed by atoms with Gasteiger partial charge in [0.05, 0.1) is 11.5 Å². The molecule has 7 heteroatoms. The second-order valence-corrected chi connectivity index (χ2v) is 9.96. The molecule has 1 saturated heterocycles. The van der Waals surface area contributed by atoms with Crippen LogP contribution in [-0.4, -0.2) is 45.5 Å². The maximum atomic E-state index is 11.6. The van der Waals surface area contributed by atoms with Crippen molar-refractivity contribution in [3.63, 3.8) is 0 Å². The second-order valence-electron chi connectivity index (χ2n) is 6.81. The van der Waals surface area contributed by atoms with E-state index in [0.29, 0.717) is 12.4 Å². The average Bonchev–Trinajstić information content (AvgIpc) is 2.84. The van der Waals surface area contributed by atoms with Gasteiger partial charge < -0.3 is 10.6 Å². The normalized spacial score (nSPS) is 25.1. The SMILES string of the molecule is CN=C(NCC1(c2cccc(Br)c2)CCC1)NC1CCS(=O)(=O)C1. The molecule has 0 aromatic heterocycles. The van der Waals surface area contributed by atoms with Crippen molar-refractivity contribution >= 4 is 31.7 Å². The van der Waals surface area contributed by atoms with Gasteiger partial charge in [-0.1, -0.05) is 34.5 Å². The lowest BCUT2D eigenvalue weighted by Crippen LogP contribution is -2.51. The molecule has 5 nitrogen and oxygen atoms in total. The molecule has 0 spiro atoms. The van der Waals surface area contributed by atoms with Crippen LogP contribution in [0.15, 0.2) is 33.7 Å². The molecular weight excluding hydrogens is 390 g/mol. The average molecular weight is 414 g/mol. The van der Waals surface area contributed by atoms with Crippen molar-refractivity contribution in [2.24, 2.45) is 4.99 Å². The Hall–Kier alpha value is -1.08. The maximum Gasteiger partial charge on any atom is 0.191 e. The van der Waals surface area contributed by atoms with E-state index >= 15 is 0 Å². The molecule has 1 aliphatic heterocycles. The molecule has 2 aliphatic rings. The number of nitrogens with zero attached hydrogens (tertiary/aromatic N) is 1. The van der Waals surface area contributed by atoms with E-state index in [9.17, 15) is 8.42 Å². The predicted octanol–water partition coefficient (Wildman–Crippen LogP) is 2.22. The quantitative estimate of drug-likeness (QED) is 0.586. The third-order valence-electron chi connectivity index (χ3n) is 5.14. The van der Waals surface area contributed by atoms with Crippen LogP contribution in [0.2, 0.25) is 0 Å². The summed E-state index contributed by atoms with van der Waals surface area (Å²) in [5, 5.41) is 6.67. The van der Waals surface area contributed by atoms with Crippen LogP contribution in [-0.2, 0) is 15.3 Å². The Bertz CT molecular complexity index is 729. The zero-order valence-corrected chi connectivity index (χ0v) is 16.3. The van der Waals surface area contributed by atoms with Gasteiger partial charge in [0.15, 0.2) is 15.8 Å². The fraction of sp³-hybridized carbons (Fsp3) is 0.588. The zero-order chi connectivity index (χ0) is 17.2. The van der Waals surface area contributed by atoms with Gasteiger partial charge in [0, 0.05) is 29.5 Å². The maximum absolute atomic E-state index is 11.6. The molecule has 1 heterocycles. The lowest BCUT2D eigenvalue weighted by atomic mass is 9.64. The van der Waals surface area contributed by atoms with Crippen LogP contribution >= 0.6 is 15.9 Å². The van der Waals surface area contributed by atoms with Crippen molar-refractivity contribution in [1.82, 2.24) is 10.6 Å². The number of guanidine groups is 1. The Kier molecular flexibility index (Phi) is 5.20. The first-order chi connectivity index (χ1) is 11.4. The van der Waals surface area contributed by atoms with Gasteiger partial charge in [-0.2, -0.15) is 0 Å². The highest BCUT2D eigenvalue weighted by Crippen LogP contribution is 2.43. The Labute approximate surface area is 152 Å². The Balaban J connectivity index is 1.62. The van der Waals surface area contributed by atoms with E-state index in [1.807, 2.05) is 6.07 Å². The molecule has 1 saturated carbocycles. The van der Waals surface area contributed by atoms with Crippen molar-refractivity contribution in [2.75, 3.05) is 25.1 Å². The summed E-state index contributed by atoms with van der Waals surface area (Å²) in [6.45, 7) is 0.808. The molecule has 24 heavy (non-hydrogen) atoms. The van der Waals surface area contributed by atoms with Gasteiger partial charge in [0.1, 0.15) is 0 Å². The van der Waals surface area contributed by atoms with E-state index < -0.39 is 9.84 Å². The van der Waals surface area contributed by atoms with E-state index in [4.69, 9.17) is 0 Å². The van der Waals surface area contributed by atoms with E-state index in [1.165, 1.54) is 12.0 Å². The van der Waals surface area contributed by atoms with Crippen LogP contribution in [0, 0.1) is 0 Å². The van der Waals surface area contributed by atoms with Crippen LogP contribution in [0.1, 0.15) is 31.2 Å². The third-order valence-corrected chi connectivity index (χ3v) is 7.40. The topological polar surface area (TPSA) is 70.6 Å². The number of sulfone groups is 1. The molecule has 0 bridgehead atoms. The van der Waals surface area contributed by atoms with Gasteiger partial charge in [0.25, 0.3) is 0 Å². The molecule has 1 aliphatic carbocycles. The highest BCUT2D eigenvalue weighted by molar-refractivity contribution is 9.10. The number of benzene rings is 1. The monoisotopic (exact) mass is 413 g/mol. The summed E-state index contributed by atoms with van der Waals surface area (Å²) < 4.78 is 24.3. The molecule has 0 radical (unpaired) electrons. The Morgan fingerprint density at radius 2 is 2.21 bits per heavy atom. The predicted molar refractivity (Wildman–Crippen MR) is 101 cm³/mol. The number of aliphatic imine (C=N–C) groups is 1. The number of hydrogen-bond acceptors (Lipinski definition) is 3. The first kappa shape index (κ1) is 17.7. The number of hydrogen-bond donors (Lipinski definition) is 2. The lowest BCUT2D eigenvalue weighted by Gasteiger charge is -2.43. The fourth-order valence-electron chi connectivity index (χ4n) is 3.54. The van der Waals surface area contributed by atoms with E-state index in [1.54, 1.807) is 7.05 Å². The van der Waals surface area contributed by atoms with Gasteiger partial charge in [-0.15, -0.1) is 0 Å². The van der Waals surface area contributed by atoms with Gasteiger partial charge in [-0.05, 0) is 37.0 Å². The largest absolute Gasteiger partial charge is 0.356 e. The smallest absolute Gasteiger partial charge is 0.191 e. The molecule has 3 rings (SSSR count). The number of halogens is 1. The molecule has 0 amide bonds. The van der Waals surface area contributed by atoms with Crippen molar-refractivity contribution in [3.8, 4) is 0 Å². The summed E-state index contributed by atoms with van der Waals surface area (Å²) in [4.78, 5) is 4.26. The highest BCUT2D eigenvalue weighted by atomic mass is 79.9. The van der Waals surface area contributed by atoms with Crippen LogP contribution in [0.3, 0.4) is 0 Å². The summed E-state index contributed by atoms with van der Waals surface area (Å²) in [5.41, 5.74) is 1.48. The summed E-state index contributed by atoms with van der Waals surface area (Å²) in [6, 6.07) is 8.47. The highest BCUT2D eigenvalue weighted by Gasteiger charge is 2.39. The zero-order valence-electron chi connectivity index (χ0n) is 13.9. The summed E-state index contributed by atoms with van der Waals surface area (Å²) in [7, 11) is -1.16. The second kappa shape index (κ2) is 7.04. The van der Waals surface area contributed by atoms with Crippen LogP contribution < -0.4 is 10.6 Å². The molecular formula is C17H24BrN3O2S. The molecule has 1 unspecified atom stereocenters. The van der Waals surface area contributed by atoms with E-state index in [-0.39, 0.29) is 23.0 Å². The van der Waals surface area contributed by atoms with Crippen LogP contribution in [0.5, 0.6) is 0 Å². The summed E-state index contributed by atoms with van der Waals surface area (Å²) in [6.07, 6.45) is 4.21. The van der Waals surface area contributed by atoms with Crippen molar-refractivity contribution in [3.05, 3.63) is 34.3 Å². The summed E-state index contributed by atoms with van der Waals surface area (Å²) >= 11 is 3.56. The van der Waals surface area contributed by atoms with Gasteiger partial charge in [-0.3, -0.25) is 4.99 Å². The van der Waals surface area contributed by atoms with E-state index in [0.717, 1.165) is 23.9 Å². The minimum Gasteiger partial charge on any atom is -0.356 e. The van der Waals surface area contributed by atoms with Crippen LogP contribution in [0.4, 0.5) is 0 Å². The first-order valence-corrected chi connectivity index (χ1v) is 11.0. The fourth-order valence-corrected chi connectivity index (χ4v) is 5.61. The van der Waals surface area contributed by atoms with Crippen molar-refractivity contribution < 1.29 is 8.42 Å².